The molecule has 7 aromatic rings. The van der Waals surface area contributed by atoms with Gasteiger partial charge in [-0.25, -0.2) is 0 Å². The molecule has 2 heterocycles. The summed E-state index contributed by atoms with van der Waals surface area (Å²) in [5, 5.41) is 15.0. The maximum Gasteiger partial charge on any atom is 0.261 e. The highest BCUT2D eigenvalue weighted by Crippen LogP contribution is 2.42. The van der Waals surface area contributed by atoms with Crippen LogP contribution in [-0.2, 0) is 64.0 Å². The van der Waals surface area contributed by atoms with Crippen molar-refractivity contribution in [3.05, 3.63) is 228 Å². The van der Waals surface area contributed by atoms with E-state index in [2.05, 4.69) is 100 Å². The van der Waals surface area contributed by atoms with Gasteiger partial charge in [0.15, 0.2) is 6.29 Å². The van der Waals surface area contributed by atoms with Gasteiger partial charge in [-0.1, -0.05) is 214 Å². The fourth-order valence-electron chi connectivity index (χ4n) is 10.2. The SMILES string of the molecule is COc1ccc(CO[C@H]2[C@@H](O)[C@@H](CO[Si](c3ccccc3)(c3ccccc3)C(C)(C)C)O[C@@H](Sc3ccc(C)cc3)[C@@H]2O[C@@H]2O[C@@H](C)[C@@H](OCc3ccccc3)[C@@H](OCc3ccccc3)[C@@H]2OCc2ccccc2)cc1. The van der Waals surface area contributed by atoms with Gasteiger partial charge < -0.3 is 47.4 Å². The van der Waals surface area contributed by atoms with Crippen molar-refractivity contribution in [2.24, 2.45) is 0 Å². The zero-order valence-electron chi connectivity index (χ0n) is 44.4. The topological polar surface area (TPSA) is 103 Å². The minimum absolute atomic E-state index is 0.0735. The van der Waals surface area contributed by atoms with E-state index >= 15 is 0 Å². The average molecular weight is 1060 g/mol. The highest BCUT2D eigenvalue weighted by molar-refractivity contribution is 7.99. The van der Waals surface area contributed by atoms with Crippen LogP contribution in [0.15, 0.2) is 205 Å². The molecule has 10 atom stereocenters. The van der Waals surface area contributed by atoms with Crippen molar-refractivity contribution in [2.45, 2.75) is 132 Å². The van der Waals surface area contributed by atoms with Gasteiger partial charge in [0.05, 0.1) is 46.2 Å². The van der Waals surface area contributed by atoms with E-state index in [0.29, 0.717) is 13.2 Å². The maximum atomic E-state index is 13.1. The summed E-state index contributed by atoms with van der Waals surface area (Å²) in [5.74, 6) is 0.728. The van der Waals surface area contributed by atoms with Crippen LogP contribution in [0.2, 0.25) is 5.04 Å². The average Bonchev–Trinajstić information content (AvgIpc) is 3.46. The summed E-state index contributed by atoms with van der Waals surface area (Å²) in [7, 11) is -1.45. The first kappa shape index (κ1) is 55.3. The van der Waals surface area contributed by atoms with E-state index in [9.17, 15) is 5.11 Å². The van der Waals surface area contributed by atoms with Gasteiger partial charge in [0, 0.05) is 4.90 Å². The largest absolute Gasteiger partial charge is 0.497 e. The van der Waals surface area contributed by atoms with Gasteiger partial charge in [-0.05, 0) is 75.8 Å². The van der Waals surface area contributed by atoms with Crippen LogP contribution in [-0.4, -0.2) is 87.7 Å². The lowest BCUT2D eigenvalue weighted by atomic mass is 9.97. The fraction of sp³-hybridized carbons (Fsp3) is 0.344. The molecule has 76 heavy (non-hydrogen) atoms. The van der Waals surface area contributed by atoms with Crippen molar-refractivity contribution >= 4 is 30.5 Å². The quantitative estimate of drug-likeness (QED) is 0.0657. The molecule has 0 spiro atoms. The molecule has 2 fully saturated rings. The van der Waals surface area contributed by atoms with Crippen molar-refractivity contribution in [1.29, 1.82) is 0 Å². The highest BCUT2D eigenvalue weighted by atomic mass is 32.2. The molecule has 0 aliphatic carbocycles. The molecule has 12 heteroatoms. The van der Waals surface area contributed by atoms with Crippen molar-refractivity contribution in [1.82, 2.24) is 0 Å². The fourth-order valence-corrected chi connectivity index (χ4v) is 15.9. The molecule has 0 amide bonds. The van der Waals surface area contributed by atoms with E-state index < -0.39 is 68.9 Å². The Kier molecular flexibility index (Phi) is 19.1. The Labute approximate surface area is 454 Å². The van der Waals surface area contributed by atoms with Crippen LogP contribution in [0.3, 0.4) is 0 Å². The van der Waals surface area contributed by atoms with Gasteiger partial charge in [-0.3, -0.25) is 0 Å². The Morgan fingerprint density at radius 1 is 0.513 bits per heavy atom. The second kappa shape index (κ2) is 26.3. The normalized spacial score (nSPS) is 24.0. The van der Waals surface area contributed by atoms with E-state index in [-0.39, 0.29) is 24.9 Å². The molecule has 0 bridgehead atoms. The van der Waals surface area contributed by atoms with Crippen molar-refractivity contribution < 1.29 is 47.4 Å². The maximum absolute atomic E-state index is 13.1. The number of aryl methyl sites for hydroxylation is 1. The van der Waals surface area contributed by atoms with Crippen LogP contribution in [0.5, 0.6) is 5.75 Å². The van der Waals surface area contributed by atoms with Crippen molar-refractivity contribution in [2.75, 3.05) is 13.7 Å². The summed E-state index contributed by atoms with van der Waals surface area (Å²) in [6.45, 7) is 11.9. The molecule has 2 saturated heterocycles. The summed E-state index contributed by atoms with van der Waals surface area (Å²) in [4.78, 5) is 0.953. The molecular weight excluding hydrogens is 989 g/mol. The monoisotopic (exact) mass is 1060 g/mol. The Balaban J connectivity index is 1.11. The second-order valence-electron chi connectivity index (χ2n) is 20.7. The van der Waals surface area contributed by atoms with Gasteiger partial charge in [0.1, 0.15) is 53.9 Å². The summed E-state index contributed by atoms with van der Waals surface area (Å²) in [5.41, 5.74) is 4.26. The Hall–Kier alpha value is -5.45. The summed E-state index contributed by atoms with van der Waals surface area (Å²) >= 11 is 1.51. The molecule has 9 rings (SSSR count). The lowest BCUT2D eigenvalue weighted by molar-refractivity contribution is -0.349. The molecule has 2 aliphatic rings. The van der Waals surface area contributed by atoms with Crippen LogP contribution in [0, 0.1) is 6.92 Å². The number of hydrogen-bond acceptors (Lipinski definition) is 11. The van der Waals surface area contributed by atoms with Crippen LogP contribution in [0.1, 0.15) is 55.5 Å². The lowest BCUT2D eigenvalue weighted by Gasteiger charge is -2.50. The second-order valence-corrected chi connectivity index (χ2v) is 26.1. The molecular formula is C64H72O10SSi. The van der Waals surface area contributed by atoms with Gasteiger partial charge in [-0.15, -0.1) is 0 Å². The number of hydrogen-bond donors (Lipinski definition) is 1. The third-order valence-electron chi connectivity index (χ3n) is 14.2. The number of ether oxygens (including phenoxy) is 8. The number of rotatable bonds is 22. The first-order valence-corrected chi connectivity index (χ1v) is 29.1. The standard InChI is InChI=1S/C64H72O10SSi/c1-45-32-38-52(39-33-45)75-63-61(74-62-60(70-42-49-26-16-9-17-27-49)59(69-41-48-24-14-8-15-25-48)57(46(2)72-62)67-40-47-22-12-7-13-23-47)58(68-43-50-34-36-51(66-6)37-35-50)56(65)55(73-63)44-71-76(64(3,4)5,53-28-18-10-19-29-53)54-30-20-11-21-31-54/h7-39,46,55-63,65H,40-44H2,1-6H3/t46-,55+,56-,57+,58-,59+,60-,61+,62-,63-/m0/s1. The molecule has 0 unspecified atom stereocenters. The van der Waals surface area contributed by atoms with Crippen LogP contribution in [0.25, 0.3) is 0 Å². The molecule has 398 valence electrons. The molecule has 10 nitrogen and oxygen atoms in total. The van der Waals surface area contributed by atoms with Gasteiger partial charge in [0.2, 0.25) is 0 Å². The molecule has 0 radical (unpaired) electrons. The molecule has 7 aromatic carbocycles. The summed E-state index contributed by atoms with van der Waals surface area (Å²) < 4.78 is 62.6. The number of methoxy groups -OCH3 is 1. The van der Waals surface area contributed by atoms with Gasteiger partial charge in [-0.2, -0.15) is 0 Å². The first-order chi connectivity index (χ1) is 37.0. The smallest absolute Gasteiger partial charge is 0.261 e. The summed E-state index contributed by atoms with van der Waals surface area (Å²) in [6.07, 6.45) is -7.62. The number of aliphatic hydroxyl groups excluding tert-OH is 1. The van der Waals surface area contributed by atoms with E-state index in [1.54, 1.807) is 7.11 Å². The van der Waals surface area contributed by atoms with Crippen LogP contribution >= 0.6 is 11.8 Å². The predicted molar refractivity (Wildman–Crippen MR) is 301 cm³/mol. The predicted octanol–water partition coefficient (Wildman–Crippen LogP) is 11.2. The Morgan fingerprint density at radius 2 is 0.961 bits per heavy atom. The van der Waals surface area contributed by atoms with E-state index in [1.165, 1.54) is 11.8 Å². The first-order valence-electron chi connectivity index (χ1n) is 26.3. The van der Waals surface area contributed by atoms with Gasteiger partial charge in [0.25, 0.3) is 8.32 Å². The minimum Gasteiger partial charge on any atom is -0.497 e. The Bertz CT molecular complexity index is 2750. The van der Waals surface area contributed by atoms with Crippen LogP contribution < -0.4 is 15.1 Å². The molecule has 0 saturated carbocycles. The zero-order valence-corrected chi connectivity index (χ0v) is 46.2. The number of aliphatic hydroxyl groups is 1. The lowest BCUT2D eigenvalue weighted by Crippen LogP contribution is -2.68. The van der Waals surface area contributed by atoms with Crippen LogP contribution in [0.4, 0.5) is 0 Å². The van der Waals surface area contributed by atoms with E-state index in [1.807, 2.05) is 134 Å². The van der Waals surface area contributed by atoms with Crippen molar-refractivity contribution in [3.63, 3.8) is 0 Å². The minimum atomic E-state index is -3.09. The van der Waals surface area contributed by atoms with Gasteiger partial charge >= 0.3 is 0 Å². The van der Waals surface area contributed by atoms with E-state index in [4.69, 9.17) is 42.3 Å². The van der Waals surface area contributed by atoms with Crippen molar-refractivity contribution in [3.8, 4) is 5.75 Å². The van der Waals surface area contributed by atoms with E-state index in [0.717, 1.165) is 48.8 Å². The molecule has 0 aromatic heterocycles. The third-order valence-corrected chi connectivity index (χ3v) is 20.4. The highest BCUT2D eigenvalue weighted by Gasteiger charge is 2.55. The molecule has 2 aliphatic heterocycles. The third kappa shape index (κ3) is 13.6. The Morgan fingerprint density at radius 3 is 1.45 bits per heavy atom. The zero-order chi connectivity index (χ0) is 52.9. The number of benzene rings is 7. The number of thioether (sulfide) groups is 1. The molecule has 1 N–H and O–H groups in total. The summed E-state index contributed by atoms with van der Waals surface area (Å²) in [6, 6.07) is 67.3.